The average molecular weight is 319 g/mol. The molecule has 0 spiro atoms. The minimum absolute atomic E-state index is 0.152. The molecule has 0 aromatic heterocycles. The first-order valence-corrected chi connectivity index (χ1v) is 7.72. The van der Waals surface area contributed by atoms with Gasteiger partial charge in [-0.2, -0.15) is 0 Å². The maximum Gasteiger partial charge on any atom is 0.248 e. The number of hydrogen-bond donors (Lipinski definition) is 3. The summed E-state index contributed by atoms with van der Waals surface area (Å²) in [5.41, 5.74) is 6.41. The molecule has 0 fully saturated rings. The number of carbonyl (C=O) groups excluding carboxylic acids is 3. The number of carbonyl (C=O) groups is 3. The summed E-state index contributed by atoms with van der Waals surface area (Å²) in [6.45, 7) is 7.77. The lowest BCUT2D eigenvalue weighted by molar-refractivity contribution is -0.117. The highest BCUT2D eigenvalue weighted by Gasteiger charge is 2.12. The van der Waals surface area contributed by atoms with Crippen LogP contribution in [0.5, 0.6) is 0 Å². The van der Waals surface area contributed by atoms with Crippen LogP contribution in [0.3, 0.4) is 0 Å². The number of rotatable bonds is 7. The van der Waals surface area contributed by atoms with Gasteiger partial charge in [-0.05, 0) is 30.0 Å². The van der Waals surface area contributed by atoms with Crippen LogP contribution in [0.4, 0.5) is 11.4 Å². The third-order valence-electron chi connectivity index (χ3n) is 2.97. The third-order valence-corrected chi connectivity index (χ3v) is 2.97. The molecule has 1 rings (SSSR count). The molecule has 0 unspecified atom stereocenters. The summed E-state index contributed by atoms with van der Waals surface area (Å²) in [7, 11) is 0. The topological polar surface area (TPSA) is 101 Å². The second kappa shape index (κ2) is 8.31. The van der Waals surface area contributed by atoms with Gasteiger partial charge in [-0.15, -0.1) is 0 Å². The standard InChI is InChI=1S/C17H25N3O3/c1-10(2)5-15(21)19-13-7-12(17(18)23)8-14(9-13)20-16(22)6-11(3)4/h7-11H,5-6H2,1-4H3,(H2,18,23)(H,19,21)(H,20,22). The summed E-state index contributed by atoms with van der Waals surface area (Å²) >= 11 is 0. The quantitative estimate of drug-likeness (QED) is 0.720. The largest absolute Gasteiger partial charge is 0.366 e. The van der Waals surface area contributed by atoms with Gasteiger partial charge in [0.15, 0.2) is 0 Å². The van der Waals surface area contributed by atoms with Crippen molar-refractivity contribution in [3.05, 3.63) is 23.8 Å². The van der Waals surface area contributed by atoms with Gasteiger partial charge in [0.2, 0.25) is 17.7 Å². The molecule has 4 N–H and O–H groups in total. The van der Waals surface area contributed by atoms with E-state index in [-0.39, 0.29) is 29.2 Å². The Morgan fingerprint density at radius 2 is 1.26 bits per heavy atom. The van der Waals surface area contributed by atoms with Crippen molar-refractivity contribution < 1.29 is 14.4 Å². The van der Waals surface area contributed by atoms with Gasteiger partial charge in [0.05, 0.1) is 0 Å². The Balaban J connectivity index is 2.96. The van der Waals surface area contributed by atoms with Gasteiger partial charge < -0.3 is 16.4 Å². The van der Waals surface area contributed by atoms with Crippen molar-refractivity contribution in [2.24, 2.45) is 17.6 Å². The lowest BCUT2D eigenvalue weighted by Crippen LogP contribution is -2.18. The van der Waals surface area contributed by atoms with Crippen LogP contribution in [0.2, 0.25) is 0 Å². The number of anilines is 2. The number of nitrogens with two attached hydrogens (primary N) is 1. The first kappa shape index (κ1) is 18.7. The van der Waals surface area contributed by atoms with Crippen LogP contribution in [-0.2, 0) is 9.59 Å². The van der Waals surface area contributed by atoms with Crippen LogP contribution in [0, 0.1) is 11.8 Å². The summed E-state index contributed by atoms with van der Waals surface area (Å²) < 4.78 is 0. The van der Waals surface area contributed by atoms with Crippen LogP contribution in [-0.4, -0.2) is 17.7 Å². The van der Waals surface area contributed by atoms with E-state index in [1.807, 2.05) is 27.7 Å². The van der Waals surface area contributed by atoms with Crippen molar-refractivity contribution >= 4 is 29.1 Å². The summed E-state index contributed by atoms with van der Waals surface area (Å²) in [5.74, 6) is -0.481. The molecule has 6 nitrogen and oxygen atoms in total. The molecule has 23 heavy (non-hydrogen) atoms. The van der Waals surface area contributed by atoms with E-state index >= 15 is 0 Å². The van der Waals surface area contributed by atoms with Gasteiger partial charge in [-0.1, -0.05) is 27.7 Å². The van der Waals surface area contributed by atoms with Crippen molar-refractivity contribution in [3.8, 4) is 0 Å². The zero-order valence-corrected chi connectivity index (χ0v) is 14.1. The number of primary amides is 1. The second-order valence-corrected chi connectivity index (χ2v) is 6.46. The summed E-state index contributed by atoms with van der Waals surface area (Å²) in [6, 6.07) is 4.61. The van der Waals surface area contributed by atoms with Crippen molar-refractivity contribution in [3.63, 3.8) is 0 Å². The van der Waals surface area contributed by atoms with Crippen LogP contribution in [0.15, 0.2) is 18.2 Å². The fraction of sp³-hybridized carbons (Fsp3) is 0.471. The maximum absolute atomic E-state index is 11.9. The molecule has 0 aliphatic carbocycles. The molecular formula is C17H25N3O3. The number of nitrogens with one attached hydrogen (secondary N) is 2. The molecule has 1 aromatic rings. The smallest absolute Gasteiger partial charge is 0.248 e. The molecular weight excluding hydrogens is 294 g/mol. The van der Waals surface area contributed by atoms with E-state index < -0.39 is 5.91 Å². The van der Waals surface area contributed by atoms with Gasteiger partial charge in [0, 0.05) is 29.8 Å². The Labute approximate surface area is 136 Å². The molecule has 0 bridgehead atoms. The lowest BCUT2D eigenvalue weighted by atomic mass is 10.1. The van der Waals surface area contributed by atoms with Crippen molar-refractivity contribution in [2.45, 2.75) is 40.5 Å². The van der Waals surface area contributed by atoms with Gasteiger partial charge in [0.25, 0.3) is 0 Å². The van der Waals surface area contributed by atoms with E-state index in [4.69, 9.17) is 5.73 Å². The molecule has 0 saturated heterocycles. The van der Waals surface area contributed by atoms with Gasteiger partial charge in [-0.3, -0.25) is 14.4 Å². The Bertz CT molecular complexity index is 552. The highest BCUT2D eigenvalue weighted by atomic mass is 16.2. The molecule has 3 amide bonds. The predicted molar refractivity (Wildman–Crippen MR) is 91.1 cm³/mol. The molecule has 0 heterocycles. The Morgan fingerprint density at radius 1 is 0.870 bits per heavy atom. The minimum Gasteiger partial charge on any atom is -0.366 e. The van der Waals surface area contributed by atoms with Crippen LogP contribution < -0.4 is 16.4 Å². The normalized spacial score (nSPS) is 10.7. The monoisotopic (exact) mass is 319 g/mol. The molecule has 0 radical (unpaired) electrons. The highest BCUT2D eigenvalue weighted by molar-refractivity contribution is 5.99. The lowest BCUT2D eigenvalue weighted by Gasteiger charge is -2.12. The van der Waals surface area contributed by atoms with Crippen LogP contribution in [0.1, 0.15) is 50.9 Å². The minimum atomic E-state index is -0.621. The fourth-order valence-corrected chi connectivity index (χ4v) is 2.08. The van der Waals surface area contributed by atoms with Crippen molar-refractivity contribution in [2.75, 3.05) is 10.6 Å². The van der Waals surface area contributed by atoms with E-state index in [1.165, 1.54) is 12.1 Å². The molecule has 0 atom stereocenters. The van der Waals surface area contributed by atoms with Crippen molar-refractivity contribution in [1.29, 1.82) is 0 Å². The van der Waals surface area contributed by atoms with Gasteiger partial charge in [-0.25, -0.2) is 0 Å². The molecule has 0 aliphatic rings. The zero-order valence-electron chi connectivity index (χ0n) is 14.1. The SMILES string of the molecule is CC(C)CC(=O)Nc1cc(NC(=O)CC(C)C)cc(C(N)=O)c1. The first-order valence-electron chi connectivity index (χ1n) is 7.72. The van der Waals surface area contributed by atoms with E-state index in [0.29, 0.717) is 24.2 Å². The number of amides is 3. The summed E-state index contributed by atoms with van der Waals surface area (Å²) in [4.78, 5) is 35.2. The van der Waals surface area contributed by atoms with E-state index in [9.17, 15) is 14.4 Å². The Hall–Kier alpha value is -2.37. The fourth-order valence-electron chi connectivity index (χ4n) is 2.08. The maximum atomic E-state index is 11.9. The van der Waals surface area contributed by atoms with Crippen LogP contribution in [0.25, 0.3) is 0 Å². The summed E-state index contributed by atoms with van der Waals surface area (Å²) in [6.07, 6.45) is 0.742. The third kappa shape index (κ3) is 6.95. The first-order chi connectivity index (χ1) is 10.7. The molecule has 6 heteroatoms. The molecule has 0 aliphatic heterocycles. The van der Waals surface area contributed by atoms with E-state index in [0.717, 1.165) is 0 Å². The number of hydrogen-bond acceptors (Lipinski definition) is 3. The average Bonchev–Trinajstić information content (AvgIpc) is 2.35. The van der Waals surface area contributed by atoms with E-state index in [2.05, 4.69) is 10.6 Å². The summed E-state index contributed by atoms with van der Waals surface area (Å²) in [5, 5.41) is 5.45. The molecule has 0 saturated carbocycles. The van der Waals surface area contributed by atoms with Crippen LogP contribution >= 0.6 is 0 Å². The Kier molecular flexibility index (Phi) is 6.75. The van der Waals surface area contributed by atoms with Gasteiger partial charge >= 0.3 is 0 Å². The zero-order chi connectivity index (χ0) is 17.6. The molecule has 126 valence electrons. The van der Waals surface area contributed by atoms with Gasteiger partial charge in [0.1, 0.15) is 0 Å². The number of benzene rings is 1. The van der Waals surface area contributed by atoms with Crippen molar-refractivity contribution in [1.82, 2.24) is 0 Å². The second-order valence-electron chi connectivity index (χ2n) is 6.46. The predicted octanol–water partition coefficient (Wildman–Crippen LogP) is 2.75. The molecule has 1 aromatic carbocycles. The van der Waals surface area contributed by atoms with E-state index in [1.54, 1.807) is 6.07 Å². The highest BCUT2D eigenvalue weighted by Crippen LogP contribution is 2.20. The Morgan fingerprint density at radius 3 is 1.57 bits per heavy atom.